The number of nitrogens with zero attached hydrogens (tertiary/aromatic N) is 2. The van der Waals surface area contributed by atoms with Gasteiger partial charge in [0.2, 0.25) is 5.82 Å². The molecular formula is C10H16N4O. The lowest BCUT2D eigenvalue weighted by Crippen LogP contribution is -2.43. The molecule has 0 aliphatic heterocycles. The molecule has 0 bridgehead atoms. The number of amides is 1. The van der Waals surface area contributed by atoms with Gasteiger partial charge >= 0.3 is 0 Å². The van der Waals surface area contributed by atoms with E-state index in [1.54, 1.807) is 0 Å². The van der Waals surface area contributed by atoms with Crippen molar-refractivity contribution >= 4 is 5.91 Å². The number of H-pyrrole nitrogens is 1. The van der Waals surface area contributed by atoms with Gasteiger partial charge in [-0.1, -0.05) is 13.8 Å². The van der Waals surface area contributed by atoms with E-state index in [9.17, 15) is 4.79 Å². The van der Waals surface area contributed by atoms with Gasteiger partial charge in [-0.05, 0) is 18.8 Å². The topological polar surface area (TPSA) is 70.7 Å². The maximum atomic E-state index is 11.6. The molecule has 15 heavy (non-hydrogen) atoms. The average Bonchev–Trinajstić information content (AvgIpc) is 2.63. The third kappa shape index (κ3) is 2.16. The van der Waals surface area contributed by atoms with Crippen LogP contribution in [-0.4, -0.2) is 27.1 Å². The molecule has 0 saturated heterocycles. The fourth-order valence-electron chi connectivity index (χ4n) is 1.83. The van der Waals surface area contributed by atoms with Crippen LogP contribution in [0.15, 0.2) is 0 Å². The van der Waals surface area contributed by atoms with Crippen molar-refractivity contribution in [2.75, 3.05) is 0 Å². The summed E-state index contributed by atoms with van der Waals surface area (Å²) in [4.78, 5) is 15.7. The lowest BCUT2D eigenvalue weighted by Gasteiger charge is -2.32. The van der Waals surface area contributed by atoms with Gasteiger partial charge in [-0.15, -0.1) is 5.10 Å². The highest BCUT2D eigenvalue weighted by Gasteiger charge is 2.27. The minimum atomic E-state index is -0.164. The standard InChI is InChI=1S/C10H16N4O/c1-3-8-12-9(14-13-8)10(15)11-7-4-6(2)5-7/h6-7H,3-5H2,1-2H3,(H,11,15)(H,12,13,14). The van der Waals surface area contributed by atoms with Crippen LogP contribution < -0.4 is 5.32 Å². The fraction of sp³-hybridized carbons (Fsp3) is 0.700. The van der Waals surface area contributed by atoms with E-state index >= 15 is 0 Å². The summed E-state index contributed by atoms with van der Waals surface area (Å²) in [5.41, 5.74) is 0. The van der Waals surface area contributed by atoms with Gasteiger partial charge < -0.3 is 5.32 Å². The van der Waals surface area contributed by atoms with Gasteiger partial charge in [0.25, 0.3) is 5.91 Å². The van der Waals surface area contributed by atoms with Crippen LogP contribution in [0.5, 0.6) is 0 Å². The second-order valence-corrected chi connectivity index (χ2v) is 4.21. The van der Waals surface area contributed by atoms with Crippen molar-refractivity contribution in [2.24, 2.45) is 5.92 Å². The van der Waals surface area contributed by atoms with Gasteiger partial charge in [0.15, 0.2) is 0 Å². The van der Waals surface area contributed by atoms with Gasteiger partial charge in [0.1, 0.15) is 5.82 Å². The van der Waals surface area contributed by atoms with Crippen LogP contribution in [0.1, 0.15) is 43.1 Å². The average molecular weight is 208 g/mol. The molecule has 5 nitrogen and oxygen atoms in total. The number of hydrogen-bond acceptors (Lipinski definition) is 3. The molecule has 1 saturated carbocycles. The molecule has 2 N–H and O–H groups in total. The first-order valence-corrected chi connectivity index (χ1v) is 5.41. The lowest BCUT2D eigenvalue weighted by molar-refractivity contribution is 0.0885. The van der Waals surface area contributed by atoms with Gasteiger partial charge in [-0.3, -0.25) is 9.89 Å². The van der Waals surface area contributed by atoms with Crippen molar-refractivity contribution in [1.82, 2.24) is 20.5 Å². The van der Waals surface area contributed by atoms with E-state index in [0.717, 1.165) is 31.0 Å². The predicted octanol–water partition coefficient (Wildman–Crippen LogP) is 0.895. The van der Waals surface area contributed by atoms with Crippen LogP contribution in [-0.2, 0) is 6.42 Å². The molecule has 0 spiro atoms. The largest absolute Gasteiger partial charge is 0.347 e. The van der Waals surface area contributed by atoms with E-state index in [4.69, 9.17) is 0 Å². The quantitative estimate of drug-likeness (QED) is 0.775. The number of hydrogen-bond donors (Lipinski definition) is 2. The van der Waals surface area contributed by atoms with E-state index in [-0.39, 0.29) is 11.7 Å². The Hall–Kier alpha value is -1.39. The summed E-state index contributed by atoms with van der Waals surface area (Å²) in [7, 11) is 0. The molecule has 82 valence electrons. The Morgan fingerprint density at radius 3 is 2.87 bits per heavy atom. The number of rotatable bonds is 3. The zero-order valence-corrected chi connectivity index (χ0v) is 9.08. The summed E-state index contributed by atoms with van der Waals surface area (Å²) in [6.07, 6.45) is 2.90. The van der Waals surface area contributed by atoms with Crippen molar-refractivity contribution < 1.29 is 4.79 Å². The van der Waals surface area contributed by atoms with Crippen LogP contribution >= 0.6 is 0 Å². The number of aromatic nitrogens is 3. The molecule has 5 heteroatoms. The number of nitrogens with one attached hydrogen (secondary N) is 2. The number of carbonyl (C=O) groups is 1. The van der Waals surface area contributed by atoms with Gasteiger partial charge in [0.05, 0.1) is 0 Å². The van der Waals surface area contributed by atoms with Crippen LogP contribution in [0.25, 0.3) is 0 Å². The highest BCUT2D eigenvalue weighted by Crippen LogP contribution is 2.26. The molecule has 0 aromatic carbocycles. The molecule has 0 radical (unpaired) electrons. The zero-order valence-electron chi connectivity index (χ0n) is 9.08. The summed E-state index contributed by atoms with van der Waals surface area (Å²) >= 11 is 0. The monoisotopic (exact) mass is 208 g/mol. The molecule has 2 rings (SSSR count). The maximum absolute atomic E-state index is 11.6. The minimum absolute atomic E-state index is 0.164. The smallest absolute Gasteiger partial charge is 0.291 e. The Kier molecular flexibility index (Phi) is 2.70. The van der Waals surface area contributed by atoms with Gasteiger partial charge in [-0.25, -0.2) is 4.98 Å². The fourth-order valence-corrected chi connectivity index (χ4v) is 1.83. The summed E-state index contributed by atoms with van der Waals surface area (Å²) < 4.78 is 0. The molecule has 1 fully saturated rings. The van der Waals surface area contributed by atoms with Crippen molar-refractivity contribution in [2.45, 2.75) is 39.2 Å². The SMILES string of the molecule is CCc1nc(C(=O)NC2CC(C)C2)n[nH]1. The van der Waals surface area contributed by atoms with E-state index in [2.05, 4.69) is 27.4 Å². The first-order chi connectivity index (χ1) is 7.19. The third-order valence-corrected chi connectivity index (χ3v) is 2.78. The van der Waals surface area contributed by atoms with Crippen molar-refractivity contribution in [3.05, 3.63) is 11.6 Å². The summed E-state index contributed by atoms with van der Waals surface area (Å²) in [5, 5.41) is 9.52. The number of aromatic amines is 1. The predicted molar refractivity (Wildman–Crippen MR) is 55.4 cm³/mol. The van der Waals surface area contributed by atoms with Crippen LogP contribution in [0.3, 0.4) is 0 Å². The van der Waals surface area contributed by atoms with Gasteiger partial charge in [0, 0.05) is 12.5 Å². The summed E-state index contributed by atoms with van der Waals surface area (Å²) in [6.45, 7) is 4.15. The first kappa shape index (κ1) is 10.1. The van der Waals surface area contributed by atoms with E-state index in [0.29, 0.717) is 6.04 Å². The van der Waals surface area contributed by atoms with Crippen molar-refractivity contribution in [3.8, 4) is 0 Å². The zero-order chi connectivity index (χ0) is 10.8. The minimum Gasteiger partial charge on any atom is -0.347 e. The van der Waals surface area contributed by atoms with E-state index < -0.39 is 0 Å². The lowest BCUT2D eigenvalue weighted by atomic mass is 9.82. The Morgan fingerprint density at radius 2 is 2.33 bits per heavy atom. The molecule has 1 aromatic heterocycles. The molecule has 1 aliphatic rings. The highest BCUT2D eigenvalue weighted by atomic mass is 16.2. The Bertz CT molecular complexity index is 354. The van der Waals surface area contributed by atoms with Crippen molar-refractivity contribution in [3.63, 3.8) is 0 Å². The summed E-state index contributed by atoms with van der Waals surface area (Å²) in [6, 6.07) is 0.316. The van der Waals surface area contributed by atoms with Crippen LogP contribution in [0.4, 0.5) is 0 Å². The third-order valence-electron chi connectivity index (χ3n) is 2.78. The van der Waals surface area contributed by atoms with Crippen molar-refractivity contribution in [1.29, 1.82) is 0 Å². The maximum Gasteiger partial charge on any atom is 0.291 e. The Morgan fingerprint density at radius 1 is 1.60 bits per heavy atom. The number of carbonyl (C=O) groups excluding carboxylic acids is 1. The second-order valence-electron chi connectivity index (χ2n) is 4.21. The number of aryl methyl sites for hydroxylation is 1. The molecular weight excluding hydrogens is 192 g/mol. The van der Waals surface area contributed by atoms with Crippen LogP contribution in [0.2, 0.25) is 0 Å². The van der Waals surface area contributed by atoms with Gasteiger partial charge in [-0.2, -0.15) is 0 Å². The molecule has 1 amide bonds. The van der Waals surface area contributed by atoms with E-state index in [1.165, 1.54) is 0 Å². The molecule has 0 atom stereocenters. The Balaban J connectivity index is 1.90. The molecule has 1 heterocycles. The molecule has 0 unspecified atom stereocenters. The first-order valence-electron chi connectivity index (χ1n) is 5.41. The summed E-state index contributed by atoms with van der Waals surface area (Å²) in [5.74, 6) is 1.57. The van der Waals surface area contributed by atoms with E-state index in [1.807, 2.05) is 6.92 Å². The molecule has 1 aromatic rings. The Labute approximate surface area is 88.7 Å². The highest BCUT2D eigenvalue weighted by molar-refractivity contribution is 5.90. The normalized spacial score (nSPS) is 24.7. The second kappa shape index (κ2) is 4.00. The van der Waals surface area contributed by atoms with Crippen LogP contribution in [0, 0.1) is 5.92 Å². The molecule has 1 aliphatic carbocycles.